The lowest BCUT2D eigenvalue weighted by molar-refractivity contribution is -0.140. The highest BCUT2D eigenvalue weighted by molar-refractivity contribution is 7.99. The summed E-state index contributed by atoms with van der Waals surface area (Å²) in [4.78, 5) is 28.1. The number of hydrogen-bond donors (Lipinski definition) is 1. The number of benzene rings is 2. The van der Waals surface area contributed by atoms with E-state index in [4.69, 9.17) is 11.6 Å². The molecule has 0 fully saturated rings. The summed E-state index contributed by atoms with van der Waals surface area (Å²) >= 11 is 7.56. The van der Waals surface area contributed by atoms with Gasteiger partial charge >= 0.3 is 0 Å². The van der Waals surface area contributed by atoms with Crippen molar-refractivity contribution in [2.75, 3.05) is 5.75 Å². The van der Waals surface area contributed by atoms with Crippen molar-refractivity contribution in [3.63, 3.8) is 0 Å². The van der Waals surface area contributed by atoms with Crippen LogP contribution in [0.4, 0.5) is 4.39 Å². The van der Waals surface area contributed by atoms with Crippen LogP contribution in [0.2, 0.25) is 5.02 Å². The van der Waals surface area contributed by atoms with Gasteiger partial charge in [-0.25, -0.2) is 4.39 Å². The van der Waals surface area contributed by atoms with E-state index in [0.717, 1.165) is 16.2 Å². The number of rotatable bonds is 10. The van der Waals surface area contributed by atoms with Crippen LogP contribution in [0.15, 0.2) is 53.4 Å². The smallest absolute Gasteiger partial charge is 0.242 e. The first-order valence-electron chi connectivity index (χ1n) is 9.99. The minimum absolute atomic E-state index is 0.0153. The Morgan fingerprint density at radius 2 is 1.70 bits per heavy atom. The van der Waals surface area contributed by atoms with Crippen LogP contribution in [0.25, 0.3) is 0 Å². The Kier molecular flexibility index (Phi) is 9.66. The van der Waals surface area contributed by atoms with Crippen molar-refractivity contribution in [1.82, 2.24) is 10.2 Å². The van der Waals surface area contributed by atoms with Gasteiger partial charge in [0.15, 0.2) is 0 Å². The van der Waals surface area contributed by atoms with E-state index in [-0.39, 0.29) is 30.2 Å². The van der Waals surface area contributed by atoms with E-state index in [9.17, 15) is 14.0 Å². The Labute approximate surface area is 187 Å². The van der Waals surface area contributed by atoms with Gasteiger partial charge in [0.2, 0.25) is 11.8 Å². The summed E-state index contributed by atoms with van der Waals surface area (Å²) in [5.41, 5.74) is 0.782. The van der Waals surface area contributed by atoms with Crippen molar-refractivity contribution in [3.8, 4) is 0 Å². The van der Waals surface area contributed by atoms with Crippen LogP contribution in [0.1, 0.15) is 39.2 Å². The monoisotopic (exact) mass is 450 g/mol. The minimum atomic E-state index is -0.617. The lowest BCUT2D eigenvalue weighted by atomic mass is 10.1. The van der Waals surface area contributed by atoms with E-state index >= 15 is 0 Å². The Hall–Kier alpha value is -2.05. The fourth-order valence-electron chi connectivity index (χ4n) is 2.86. The van der Waals surface area contributed by atoms with Crippen LogP contribution in [0.3, 0.4) is 0 Å². The van der Waals surface area contributed by atoms with Crippen molar-refractivity contribution in [1.29, 1.82) is 0 Å². The molecule has 0 saturated heterocycles. The Balaban J connectivity index is 1.98. The van der Waals surface area contributed by atoms with Crippen LogP contribution >= 0.6 is 23.4 Å². The van der Waals surface area contributed by atoms with Gasteiger partial charge < -0.3 is 10.2 Å². The van der Waals surface area contributed by atoms with Gasteiger partial charge in [0, 0.05) is 28.9 Å². The summed E-state index contributed by atoms with van der Waals surface area (Å²) in [5.74, 6) is 0.157. The molecule has 0 bridgehead atoms. The van der Waals surface area contributed by atoms with E-state index in [2.05, 4.69) is 5.32 Å². The molecule has 0 aliphatic rings. The first kappa shape index (κ1) is 24.2. The molecule has 0 spiro atoms. The van der Waals surface area contributed by atoms with Crippen LogP contribution in [-0.4, -0.2) is 34.6 Å². The van der Waals surface area contributed by atoms with Gasteiger partial charge in [0.25, 0.3) is 0 Å². The van der Waals surface area contributed by atoms with Crippen LogP contribution in [0.5, 0.6) is 0 Å². The molecule has 162 valence electrons. The minimum Gasteiger partial charge on any atom is -0.352 e. The fourth-order valence-corrected chi connectivity index (χ4v) is 3.84. The second-order valence-corrected chi connectivity index (χ2v) is 9.00. The highest BCUT2D eigenvalue weighted by Gasteiger charge is 2.26. The summed E-state index contributed by atoms with van der Waals surface area (Å²) in [7, 11) is 0. The number of nitrogens with zero attached hydrogens (tertiary/aromatic N) is 1. The maximum Gasteiger partial charge on any atom is 0.242 e. The number of carbonyl (C=O) groups is 2. The fraction of sp³-hybridized carbons (Fsp3) is 0.391. The highest BCUT2D eigenvalue weighted by atomic mass is 35.5. The first-order valence-corrected chi connectivity index (χ1v) is 11.3. The molecule has 0 heterocycles. The maximum absolute atomic E-state index is 13.2. The molecular weight excluding hydrogens is 423 g/mol. The molecule has 0 aliphatic carbocycles. The van der Waals surface area contributed by atoms with Crippen molar-refractivity contribution >= 4 is 35.2 Å². The molecule has 0 unspecified atom stereocenters. The van der Waals surface area contributed by atoms with Gasteiger partial charge in [-0.1, -0.05) is 23.7 Å². The number of hydrogen-bond acceptors (Lipinski definition) is 3. The molecule has 2 amide bonds. The maximum atomic E-state index is 13.2. The first-order chi connectivity index (χ1) is 14.3. The summed E-state index contributed by atoms with van der Waals surface area (Å²) in [5, 5.41) is 3.55. The van der Waals surface area contributed by atoms with Crippen molar-refractivity contribution < 1.29 is 14.0 Å². The van der Waals surface area contributed by atoms with E-state index in [0.29, 0.717) is 17.9 Å². The summed E-state index contributed by atoms with van der Waals surface area (Å²) in [6, 6.07) is 13.0. The number of carbonyl (C=O) groups excluding carboxylic acids is 2. The molecule has 0 saturated carbocycles. The summed E-state index contributed by atoms with van der Waals surface area (Å²) in [6.45, 7) is 5.74. The van der Waals surface area contributed by atoms with Gasteiger partial charge in [0.05, 0.1) is 0 Å². The number of thioether (sulfide) groups is 1. The van der Waals surface area contributed by atoms with Crippen molar-refractivity contribution in [2.45, 2.75) is 57.1 Å². The second kappa shape index (κ2) is 12.0. The third-order valence-electron chi connectivity index (χ3n) is 4.48. The molecule has 0 aromatic heterocycles. The second-order valence-electron chi connectivity index (χ2n) is 7.39. The third kappa shape index (κ3) is 8.00. The third-order valence-corrected chi connectivity index (χ3v) is 5.83. The van der Waals surface area contributed by atoms with Crippen LogP contribution in [-0.2, 0) is 16.1 Å². The summed E-state index contributed by atoms with van der Waals surface area (Å²) < 4.78 is 13.2. The van der Waals surface area contributed by atoms with Gasteiger partial charge in [0.1, 0.15) is 11.9 Å². The van der Waals surface area contributed by atoms with Gasteiger partial charge in [-0.15, -0.1) is 11.8 Å². The molecule has 2 aromatic carbocycles. The normalized spacial score (nSPS) is 11.9. The molecule has 1 atom stereocenters. The zero-order chi connectivity index (χ0) is 22.1. The molecule has 0 aliphatic heterocycles. The van der Waals surface area contributed by atoms with Crippen LogP contribution < -0.4 is 5.32 Å². The van der Waals surface area contributed by atoms with Gasteiger partial charge in [-0.05, 0) is 74.9 Å². The van der Waals surface area contributed by atoms with Crippen molar-refractivity contribution in [2.24, 2.45) is 0 Å². The number of nitrogens with one attached hydrogen (secondary N) is 1. The van der Waals surface area contributed by atoms with Gasteiger partial charge in [-0.3, -0.25) is 9.59 Å². The van der Waals surface area contributed by atoms with Gasteiger partial charge in [-0.2, -0.15) is 0 Å². The van der Waals surface area contributed by atoms with E-state index < -0.39 is 6.04 Å². The summed E-state index contributed by atoms with van der Waals surface area (Å²) in [6.07, 6.45) is 1.02. The Morgan fingerprint density at radius 1 is 1.07 bits per heavy atom. The average molecular weight is 451 g/mol. The molecule has 7 heteroatoms. The zero-order valence-corrected chi connectivity index (χ0v) is 19.1. The largest absolute Gasteiger partial charge is 0.352 e. The Bertz CT molecular complexity index is 828. The van der Waals surface area contributed by atoms with E-state index in [1.807, 2.05) is 38.1 Å². The molecule has 2 rings (SSSR count). The molecule has 30 heavy (non-hydrogen) atoms. The Morgan fingerprint density at radius 3 is 2.30 bits per heavy atom. The van der Waals surface area contributed by atoms with Crippen molar-refractivity contribution in [3.05, 3.63) is 64.9 Å². The lowest BCUT2D eigenvalue weighted by Crippen LogP contribution is -2.49. The number of halogens is 2. The SMILES string of the molecule is CC(C)NC(=O)[C@H](C)N(Cc1ccc(F)cc1)C(=O)CCCSc1ccc(Cl)cc1. The molecule has 2 aromatic rings. The molecule has 0 radical (unpaired) electrons. The molecule has 1 N–H and O–H groups in total. The van der Waals surface area contributed by atoms with Crippen LogP contribution in [0, 0.1) is 5.82 Å². The zero-order valence-electron chi connectivity index (χ0n) is 17.5. The predicted molar refractivity (Wildman–Crippen MR) is 121 cm³/mol. The topological polar surface area (TPSA) is 49.4 Å². The lowest BCUT2D eigenvalue weighted by Gasteiger charge is -2.29. The van der Waals surface area contributed by atoms with E-state index in [1.54, 1.807) is 35.7 Å². The standard InChI is InChI=1S/C23H28ClFN2O2S/c1-16(2)26-23(29)17(3)27(15-18-6-10-20(25)11-7-18)22(28)5-4-14-30-21-12-8-19(24)9-13-21/h6-13,16-17H,4-5,14-15H2,1-3H3,(H,26,29)/t17-/m0/s1. The predicted octanol–water partition coefficient (Wildman–Crippen LogP) is 5.29. The quantitative estimate of drug-likeness (QED) is 0.395. The molecular formula is C23H28ClFN2O2S. The number of amides is 2. The average Bonchev–Trinajstić information content (AvgIpc) is 2.71. The van der Waals surface area contributed by atoms with E-state index in [1.165, 1.54) is 12.1 Å². The highest BCUT2D eigenvalue weighted by Crippen LogP contribution is 2.22. The molecule has 4 nitrogen and oxygen atoms in total.